The molecule has 0 aliphatic rings. The van der Waals surface area contributed by atoms with Crippen LogP contribution in [0.4, 0.5) is 11.4 Å². The van der Waals surface area contributed by atoms with E-state index in [1.165, 1.54) is 6.33 Å². The highest BCUT2D eigenvalue weighted by Crippen LogP contribution is 2.19. The van der Waals surface area contributed by atoms with Crippen molar-refractivity contribution in [2.24, 2.45) is 0 Å². The first-order valence-electron chi connectivity index (χ1n) is 9.57. The number of carbonyl (C=O) groups excluding carboxylic acids is 1. The maximum absolute atomic E-state index is 12.5. The fourth-order valence-electron chi connectivity index (χ4n) is 2.76. The predicted octanol–water partition coefficient (Wildman–Crippen LogP) is 2.54. The molecule has 4 aromatic rings. The molecular weight excluding hydrogens is 434 g/mol. The number of hydrogen-bond donors (Lipinski definition) is 3. The van der Waals surface area contributed by atoms with Crippen molar-refractivity contribution in [2.45, 2.75) is 24.7 Å². The average molecular weight is 453 g/mol. The van der Waals surface area contributed by atoms with Crippen molar-refractivity contribution < 1.29 is 17.7 Å². The van der Waals surface area contributed by atoms with Crippen LogP contribution >= 0.6 is 0 Å². The highest BCUT2D eigenvalue weighted by Gasteiger charge is 2.15. The molecule has 0 saturated carbocycles. The number of anilines is 2. The number of aryl methyl sites for hydroxylation is 2. The standard InChI is InChI=1S/C20H19N7O4S/c1-13-2-8-16(9-3-13)32(29,30)27-15-6-4-14(5-7-15)23-17(28)10-11-18-24-20(26-31-18)19-21-12-22-25-19/h2-9,12,27H,10-11H2,1H3,(H,23,28)(H,21,22,25). The second-order valence-corrected chi connectivity index (χ2v) is 8.57. The Morgan fingerprint density at radius 2 is 1.78 bits per heavy atom. The first-order valence-corrected chi connectivity index (χ1v) is 11.0. The zero-order valence-electron chi connectivity index (χ0n) is 16.9. The Labute approximate surface area is 183 Å². The molecule has 0 unspecified atom stereocenters. The summed E-state index contributed by atoms with van der Waals surface area (Å²) in [5.74, 6) is 0.689. The van der Waals surface area contributed by atoms with E-state index < -0.39 is 10.0 Å². The minimum atomic E-state index is -3.69. The van der Waals surface area contributed by atoms with Gasteiger partial charge in [0, 0.05) is 24.2 Å². The third-order valence-electron chi connectivity index (χ3n) is 4.41. The number of aromatic amines is 1. The van der Waals surface area contributed by atoms with Crippen molar-refractivity contribution in [3.8, 4) is 11.6 Å². The third-order valence-corrected chi connectivity index (χ3v) is 5.81. The number of nitrogens with one attached hydrogen (secondary N) is 3. The summed E-state index contributed by atoms with van der Waals surface area (Å²) < 4.78 is 32.5. The molecule has 0 radical (unpaired) electrons. The molecule has 0 spiro atoms. The van der Waals surface area contributed by atoms with Crippen molar-refractivity contribution in [1.82, 2.24) is 25.3 Å². The van der Waals surface area contributed by atoms with E-state index in [1.807, 2.05) is 6.92 Å². The van der Waals surface area contributed by atoms with Gasteiger partial charge in [0.25, 0.3) is 10.0 Å². The second kappa shape index (κ2) is 8.98. The van der Waals surface area contributed by atoms with Crippen LogP contribution in [0, 0.1) is 6.92 Å². The first kappa shape index (κ1) is 21.2. The Kier molecular flexibility index (Phi) is 5.94. The molecule has 0 aliphatic heterocycles. The summed E-state index contributed by atoms with van der Waals surface area (Å²) in [5, 5.41) is 12.9. The lowest BCUT2D eigenvalue weighted by Gasteiger charge is -2.10. The number of aromatic nitrogens is 5. The topological polar surface area (TPSA) is 156 Å². The third kappa shape index (κ3) is 5.16. The Bertz CT molecular complexity index is 1300. The lowest BCUT2D eigenvalue weighted by Crippen LogP contribution is -2.14. The monoisotopic (exact) mass is 453 g/mol. The minimum absolute atomic E-state index is 0.125. The van der Waals surface area contributed by atoms with E-state index >= 15 is 0 Å². The molecule has 3 N–H and O–H groups in total. The van der Waals surface area contributed by atoms with Gasteiger partial charge in [0.05, 0.1) is 4.90 Å². The van der Waals surface area contributed by atoms with Crippen LogP contribution in [-0.2, 0) is 21.2 Å². The average Bonchev–Trinajstić information content (AvgIpc) is 3.46. The lowest BCUT2D eigenvalue weighted by molar-refractivity contribution is -0.116. The molecule has 12 heteroatoms. The van der Waals surface area contributed by atoms with E-state index in [1.54, 1.807) is 48.5 Å². The zero-order valence-corrected chi connectivity index (χ0v) is 17.8. The van der Waals surface area contributed by atoms with Crippen molar-refractivity contribution in [1.29, 1.82) is 0 Å². The molecule has 4 rings (SSSR count). The van der Waals surface area contributed by atoms with E-state index in [9.17, 15) is 13.2 Å². The second-order valence-electron chi connectivity index (χ2n) is 6.89. The zero-order chi connectivity index (χ0) is 22.6. The van der Waals surface area contributed by atoms with Gasteiger partial charge in [0.2, 0.25) is 17.6 Å². The van der Waals surface area contributed by atoms with Gasteiger partial charge in [-0.15, -0.1) is 0 Å². The van der Waals surface area contributed by atoms with Crippen LogP contribution < -0.4 is 10.0 Å². The Morgan fingerprint density at radius 1 is 1.06 bits per heavy atom. The number of amides is 1. The summed E-state index contributed by atoms with van der Waals surface area (Å²) in [4.78, 5) is 20.5. The normalized spacial score (nSPS) is 11.3. The molecule has 1 amide bonds. The number of carbonyl (C=O) groups is 1. The molecular formula is C20H19N7O4S. The Morgan fingerprint density at radius 3 is 2.47 bits per heavy atom. The lowest BCUT2D eigenvalue weighted by atomic mass is 10.2. The summed E-state index contributed by atoms with van der Waals surface area (Å²) in [6, 6.07) is 12.9. The molecule has 0 fully saturated rings. The molecule has 0 aliphatic carbocycles. The van der Waals surface area contributed by atoms with Gasteiger partial charge in [0.15, 0.2) is 5.82 Å². The minimum Gasteiger partial charge on any atom is -0.339 e. The first-order chi connectivity index (χ1) is 15.4. The van der Waals surface area contributed by atoms with Crippen molar-refractivity contribution >= 4 is 27.3 Å². The Balaban J connectivity index is 1.30. The highest BCUT2D eigenvalue weighted by atomic mass is 32.2. The molecule has 0 saturated heterocycles. The van der Waals surface area contributed by atoms with E-state index in [4.69, 9.17) is 4.52 Å². The molecule has 2 aromatic heterocycles. The van der Waals surface area contributed by atoms with Gasteiger partial charge in [-0.3, -0.25) is 14.6 Å². The number of hydrogen-bond acceptors (Lipinski definition) is 8. The van der Waals surface area contributed by atoms with Crippen LogP contribution in [-0.4, -0.2) is 39.6 Å². The van der Waals surface area contributed by atoms with E-state index in [0.717, 1.165) is 5.56 Å². The molecule has 11 nitrogen and oxygen atoms in total. The van der Waals surface area contributed by atoms with Gasteiger partial charge in [-0.1, -0.05) is 22.9 Å². The summed E-state index contributed by atoms with van der Waals surface area (Å²) >= 11 is 0. The highest BCUT2D eigenvalue weighted by molar-refractivity contribution is 7.92. The van der Waals surface area contributed by atoms with E-state index in [-0.39, 0.29) is 29.5 Å². The fourth-order valence-corrected chi connectivity index (χ4v) is 3.82. The van der Waals surface area contributed by atoms with Gasteiger partial charge in [-0.2, -0.15) is 10.1 Å². The van der Waals surface area contributed by atoms with Gasteiger partial charge in [0.1, 0.15) is 6.33 Å². The van der Waals surface area contributed by atoms with Crippen LogP contribution in [0.5, 0.6) is 0 Å². The van der Waals surface area contributed by atoms with Crippen molar-refractivity contribution in [2.75, 3.05) is 10.0 Å². The molecule has 32 heavy (non-hydrogen) atoms. The molecule has 2 aromatic carbocycles. The number of H-pyrrole nitrogens is 1. The van der Waals surface area contributed by atoms with Crippen LogP contribution in [0.25, 0.3) is 11.6 Å². The van der Waals surface area contributed by atoms with Crippen LogP contribution in [0.2, 0.25) is 0 Å². The SMILES string of the molecule is Cc1ccc(S(=O)(=O)Nc2ccc(NC(=O)CCc3nc(-c4ncn[nH]4)no3)cc2)cc1. The maximum atomic E-state index is 12.5. The van der Waals surface area contributed by atoms with Gasteiger partial charge in [-0.25, -0.2) is 13.4 Å². The maximum Gasteiger partial charge on any atom is 0.261 e. The predicted molar refractivity (Wildman–Crippen MR) is 115 cm³/mol. The summed E-state index contributed by atoms with van der Waals surface area (Å²) in [5.41, 5.74) is 1.88. The van der Waals surface area contributed by atoms with Crippen LogP contribution in [0.1, 0.15) is 17.9 Å². The van der Waals surface area contributed by atoms with Crippen LogP contribution in [0.3, 0.4) is 0 Å². The quantitative estimate of drug-likeness (QED) is 0.367. The summed E-state index contributed by atoms with van der Waals surface area (Å²) in [7, 11) is -3.69. The number of sulfonamides is 1. The summed E-state index contributed by atoms with van der Waals surface area (Å²) in [6.45, 7) is 1.88. The van der Waals surface area contributed by atoms with Gasteiger partial charge >= 0.3 is 0 Å². The Hall–Kier alpha value is -4.06. The van der Waals surface area contributed by atoms with E-state index in [0.29, 0.717) is 23.1 Å². The van der Waals surface area contributed by atoms with Crippen molar-refractivity contribution in [3.05, 3.63) is 66.3 Å². The van der Waals surface area contributed by atoms with Gasteiger partial charge in [-0.05, 0) is 43.3 Å². The summed E-state index contributed by atoms with van der Waals surface area (Å²) in [6.07, 6.45) is 1.71. The van der Waals surface area contributed by atoms with Gasteiger partial charge < -0.3 is 9.84 Å². The molecule has 0 bridgehead atoms. The molecule has 0 atom stereocenters. The van der Waals surface area contributed by atoms with Crippen molar-refractivity contribution in [3.63, 3.8) is 0 Å². The van der Waals surface area contributed by atoms with E-state index in [2.05, 4.69) is 35.4 Å². The van der Waals surface area contributed by atoms with Crippen LogP contribution in [0.15, 0.2) is 64.3 Å². The smallest absolute Gasteiger partial charge is 0.261 e. The molecule has 164 valence electrons. The molecule has 2 heterocycles. The largest absolute Gasteiger partial charge is 0.339 e. The number of rotatable bonds is 8. The number of benzene rings is 2. The number of nitrogens with zero attached hydrogens (tertiary/aromatic N) is 4. The fraction of sp³-hybridized carbons (Fsp3) is 0.150.